The van der Waals surface area contributed by atoms with Gasteiger partial charge in [0.1, 0.15) is 7.05 Å². The van der Waals surface area contributed by atoms with Crippen LogP contribution in [0.25, 0.3) is 0 Å². The molecule has 0 bridgehead atoms. The van der Waals surface area contributed by atoms with Crippen molar-refractivity contribution in [3.8, 4) is 0 Å². The summed E-state index contributed by atoms with van der Waals surface area (Å²) in [6, 6.07) is 5.69. The van der Waals surface area contributed by atoms with E-state index in [1.54, 1.807) is 0 Å². The maximum atomic E-state index is 5.67. The Kier molecular flexibility index (Phi) is 13.4. The van der Waals surface area contributed by atoms with Gasteiger partial charge in [-0.05, 0) is 37.3 Å². The first-order chi connectivity index (χ1) is 7.15. The predicted octanol–water partition coefficient (Wildman–Crippen LogP) is -0.483. The molecule has 0 unspecified atom stereocenters. The maximum Gasteiger partial charge on any atom is 0.274 e. The van der Waals surface area contributed by atoms with E-state index in [9.17, 15) is 0 Å². The van der Waals surface area contributed by atoms with Gasteiger partial charge in [0.15, 0.2) is 6.20 Å². The zero-order chi connectivity index (χ0) is 11.7. The molecule has 0 saturated carbocycles. The zero-order valence-electron chi connectivity index (χ0n) is 10.6. The highest BCUT2D eigenvalue weighted by molar-refractivity contribution is 6.28. The van der Waals surface area contributed by atoms with Crippen LogP contribution in [-0.4, -0.2) is 24.5 Å². The van der Waals surface area contributed by atoms with Crippen LogP contribution in [0.5, 0.6) is 0 Å². The molecular formula is C12H22ClIN2. The van der Waals surface area contributed by atoms with Crippen LogP contribution in [0.1, 0.15) is 20.8 Å². The summed E-state index contributed by atoms with van der Waals surface area (Å²) >= 11 is 5.67. The van der Waals surface area contributed by atoms with Crippen molar-refractivity contribution >= 4 is 11.6 Å². The molecule has 94 valence electrons. The number of hydrogen-bond donors (Lipinski definition) is 0. The summed E-state index contributed by atoms with van der Waals surface area (Å²) in [7, 11) is 1.91. The molecule has 1 aromatic heterocycles. The smallest absolute Gasteiger partial charge is 0.274 e. The van der Waals surface area contributed by atoms with Crippen LogP contribution in [0.15, 0.2) is 24.4 Å². The second-order valence-corrected chi connectivity index (χ2v) is 3.64. The number of aromatic nitrogens is 1. The lowest BCUT2D eigenvalue weighted by Crippen LogP contribution is -3.00. The molecule has 1 aromatic rings. The van der Waals surface area contributed by atoms with Crippen molar-refractivity contribution in [1.82, 2.24) is 4.90 Å². The molecule has 0 aliphatic heterocycles. The van der Waals surface area contributed by atoms with Crippen molar-refractivity contribution in [3.63, 3.8) is 0 Å². The third-order valence-corrected chi connectivity index (χ3v) is 2.73. The maximum absolute atomic E-state index is 5.67. The standard InChI is InChI=1S/C6H7ClN.C6H15N.HI/c1-8-5-3-2-4-6(8)7;1-4-7(5-2)6-3;/h2-5H,1H3;4-6H2,1-3H3;1H/q+1;;/p-1. The van der Waals surface area contributed by atoms with E-state index in [1.165, 1.54) is 19.6 Å². The molecule has 0 radical (unpaired) electrons. The van der Waals surface area contributed by atoms with Crippen molar-refractivity contribution in [2.75, 3.05) is 19.6 Å². The Morgan fingerprint density at radius 2 is 1.62 bits per heavy atom. The highest BCUT2D eigenvalue weighted by Gasteiger charge is 1.95. The first-order valence-electron chi connectivity index (χ1n) is 5.48. The molecule has 1 heterocycles. The van der Waals surface area contributed by atoms with Gasteiger partial charge in [-0.15, -0.1) is 0 Å². The van der Waals surface area contributed by atoms with E-state index in [2.05, 4.69) is 25.7 Å². The summed E-state index contributed by atoms with van der Waals surface area (Å²) in [5.41, 5.74) is 0. The van der Waals surface area contributed by atoms with Gasteiger partial charge in [0, 0.05) is 12.1 Å². The molecule has 0 saturated heterocycles. The van der Waals surface area contributed by atoms with E-state index in [-0.39, 0.29) is 24.0 Å². The summed E-state index contributed by atoms with van der Waals surface area (Å²) < 4.78 is 1.85. The summed E-state index contributed by atoms with van der Waals surface area (Å²) in [4.78, 5) is 2.38. The Morgan fingerprint density at radius 3 is 1.81 bits per heavy atom. The van der Waals surface area contributed by atoms with Gasteiger partial charge in [-0.3, -0.25) is 0 Å². The molecular weight excluding hydrogens is 335 g/mol. The number of halogens is 2. The minimum atomic E-state index is 0. The molecule has 0 aromatic carbocycles. The normalized spacial score (nSPS) is 9.12. The van der Waals surface area contributed by atoms with Gasteiger partial charge in [-0.25, -0.2) is 0 Å². The summed E-state index contributed by atoms with van der Waals surface area (Å²) in [5, 5.41) is 0.757. The van der Waals surface area contributed by atoms with Crippen LogP contribution in [0.3, 0.4) is 0 Å². The first-order valence-corrected chi connectivity index (χ1v) is 5.85. The minimum Gasteiger partial charge on any atom is -1.00 e. The first kappa shape index (κ1) is 18.5. The van der Waals surface area contributed by atoms with Crippen LogP contribution in [0.2, 0.25) is 5.15 Å². The SMILES string of the molecule is CCN(CC)CC.C[n+]1ccccc1Cl.[I-]. The van der Waals surface area contributed by atoms with Gasteiger partial charge in [0.2, 0.25) is 0 Å². The van der Waals surface area contributed by atoms with Crippen LogP contribution in [-0.2, 0) is 7.05 Å². The highest BCUT2D eigenvalue weighted by Crippen LogP contribution is 1.95. The van der Waals surface area contributed by atoms with Gasteiger partial charge >= 0.3 is 0 Å². The van der Waals surface area contributed by atoms with E-state index in [4.69, 9.17) is 11.6 Å². The van der Waals surface area contributed by atoms with Gasteiger partial charge < -0.3 is 28.9 Å². The van der Waals surface area contributed by atoms with Crippen molar-refractivity contribution in [3.05, 3.63) is 29.5 Å². The quantitative estimate of drug-likeness (QED) is 0.403. The fourth-order valence-corrected chi connectivity index (χ4v) is 1.30. The minimum absolute atomic E-state index is 0. The van der Waals surface area contributed by atoms with E-state index >= 15 is 0 Å². The lowest BCUT2D eigenvalue weighted by molar-refractivity contribution is -0.669. The van der Waals surface area contributed by atoms with E-state index in [0.29, 0.717) is 0 Å². The van der Waals surface area contributed by atoms with Gasteiger partial charge in [-0.2, -0.15) is 4.57 Å². The number of pyridine rings is 1. The van der Waals surface area contributed by atoms with E-state index in [1.807, 2.05) is 36.0 Å². The second-order valence-electron chi connectivity index (χ2n) is 3.25. The molecule has 0 amide bonds. The molecule has 2 nitrogen and oxygen atoms in total. The van der Waals surface area contributed by atoms with Crippen molar-refractivity contribution in [2.24, 2.45) is 7.05 Å². The molecule has 0 aliphatic rings. The van der Waals surface area contributed by atoms with Gasteiger partial charge in [0.05, 0.1) is 0 Å². The number of hydrogen-bond acceptors (Lipinski definition) is 1. The lowest BCUT2D eigenvalue weighted by atomic mass is 10.5. The average molecular weight is 357 g/mol. The molecule has 0 fully saturated rings. The highest BCUT2D eigenvalue weighted by atomic mass is 127. The van der Waals surface area contributed by atoms with Crippen molar-refractivity contribution in [2.45, 2.75) is 20.8 Å². The summed E-state index contributed by atoms with van der Waals surface area (Å²) in [6.07, 6.45) is 1.91. The Bertz CT molecular complexity index is 238. The zero-order valence-corrected chi connectivity index (χ0v) is 13.5. The third kappa shape index (κ3) is 8.30. The van der Waals surface area contributed by atoms with Gasteiger partial charge in [0.25, 0.3) is 5.15 Å². The molecule has 1 rings (SSSR count). The van der Waals surface area contributed by atoms with E-state index < -0.39 is 0 Å². The monoisotopic (exact) mass is 356 g/mol. The Balaban J connectivity index is 0. The average Bonchev–Trinajstić information content (AvgIpc) is 2.26. The fourth-order valence-electron chi connectivity index (χ4n) is 1.17. The van der Waals surface area contributed by atoms with Crippen LogP contribution >= 0.6 is 11.6 Å². The second kappa shape index (κ2) is 11.6. The lowest BCUT2D eigenvalue weighted by Gasteiger charge is -2.13. The molecule has 0 N–H and O–H groups in total. The fraction of sp³-hybridized carbons (Fsp3) is 0.583. The Hall–Kier alpha value is 0.130. The Labute approximate surface area is 122 Å². The largest absolute Gasteiger partial charge is 1.00 e. The summed E-state index contributed by atoms with van der Waals surface area (Å²) in [6.45, 7) is 10.1. The van der Waals surface area contributed by atoms with Crippen molar-refractivity contribution in [1.29, 1.82) is 0 Å². The van der Waals surface area contributed by atoms with Crippen LogP contribution < -0.4 is 28.5 Å². The molecule has 0 atom stereocenters. The number of rotatable bonds is 3. The third-order valence-electron chi connectivity index (χ3n) is 2.33. The molecule has 0 spiro atoms. The molecule has 16 heavy (non-hydrogen) atoms. The van der Waals surface area contributed by atoms with Gasteiger partial charge in [-0.1, -0.05) is 20.8 Å². The molecule has 0 aliphatic carbocycles. The Morgan fingerprint density at radius 1 is 1.12 bits per heavy atom. The topological polar surface area (TPSA) is 7.12 Å². The number of nitrogens with zero attached hydrogens (tertiary/aromatic N) is 2. The van der Waals surface area contributed by atoms with Crippen molar-refractivity contribution < 1.29 is 28.5 Å². The molecule has 4 heteroatoms. The summed E-state index contributed by atoms with van der Waals surface area (Å²) in [5.74, 6) is 0. The van der Waals surface area contributed by atoms with Crippen LogP contribution in [0, 0.1) is 0 Å². The van der Waals surface area contributed by atoms with Crippen LogP contribution in [0.4, 0.5) is 0 Å². The number of aryl methyl sites for hydroxylation is 1. The predicted molar refractivity (Wildman–Crippen MR) is 66.1 cm³/mol. The van der Waals surface area contributed by atoms with E-state index in [0.717, 1.165) is 5.15 Å².